The Bertz CT molecular complexity index is 592. The Morgan fingerprint density at radius 2 is 1.65 bits per heavy atom. The highest BCUT2D eigenvalue weighted by atomic mass is 16.2. The van der Waals surface area contributed by atoms with Crippen molar-refractivity contribution >= 4 is 17.3 Å². The Morgan fingerprint density at radius 1 is 1.00 bits per heavy atom. The fourth-order valence-electron chi connectivity index (χ4n) is 2.14. The lowest BCUT2D eigenvalue weighted by Gasteiger charge is -2.31. The average molecular weight is 224 g/mol. The van der Waals surface area contributed by atoms with Gasteiger partial charge in [0.2, 0.25) is 5.91 Å². The second-order valence-electron chi connectivity index (χ2n) is 4.03. The third-order valence-corrected chi connectivity index (χ3v) is 2.91. The fourth-order valence-corrected chi connectivity index (χ4v) is 2.14. The standard InChI is InChI=1S/C14H12N2O/c1-10(17)16-14-9-5-3-7-12(14)11-6-2-4-8-13(11)15-16/h2-9,15H,1H3. The van der Waals surface area contributed by atoms with E-state index in [1.165, 1.54) is 0 Å². The maximum Gasteiger partial charge on any atom is 0.242 e. The summed E-state index contributed by atoms with van der Waals surface area (Å²) in [5, 5.41) is 1.58. The van der Waals surface area contributed by atoms with Crippen LogP contribution in [0.25, 0.3) is 11.1 Å². The lowest BCUT2D eigenvalue weighted by atomic mass is 10.00. The van der Waals surface area contributed by atoms with Crippen molar-refractivity contribution in [1.29, 1.82) is 0 Å². The summed E-state index contributed by atoms with van der Waals surface area (Å²) in [6.07, 6.45) is 0. The van der Waals surface area contributed by atoms with Crippen LogP contribution >= 0.6 is 0 Å². The van der Waals surface area contributed by atoms with Crippen LogP contribution in [0.15, 0.2) is 48.5 Å². The van der Waals surface area contributed by atoms with Crippen molar-refractivity contribution in [3.8, 4) is 11.1 Å². The molecule has 0 radical (unpaired) electrons. The van der Waals surface area contributed by atoms with Crippen molar-refractivity contribution in [2.24, 2.45) is 0 Å². The first kappa shape index (κ1) is 9.90. The maximum atomic E-state index is 11.6. The van der Waals surface area contributed by atoms with Crippen molar-refractivity contribution < 1.29 is 4.79 Å². The molecule has 0 bridgehead atoms. The van der Waals surface area contributed by atoms with Crippen LogP contribution in [0.5, 0.6) is 0 Å². The molecule has 2 aromatic rings. The van der Waals surface area contributed by atoms with Crippen LogP contribution in [0.3, 0.4) is 0 Å². The molecule has 84 valence electrons. The van der Waals surface area contributed by atoms with Gasteiger partial charge in [0.1, 0.15) is 0 Å². The van der Waals surface area contributed by atoms with E-state index in [0.29, 0.717) is 0 Å². The highest BCUT2D eigenvalue weighted by Gasteiger charge is 2.22. The predicted molar refractivity (Wildman–Crippen MR) is 68.7 cm³/mol. The molecule has 1 aliphatic heterocycles. The van der Waals surface area contributed by atoms with Gasteiger partial charge >= 0.3 is 0 Å². The zero-order valence-corrected chi connectivity index (χ0v) is 9.47. The second kappa shape index (κ2) is 3.63. The van der Waals surface area contributed by atoms with Crippen LogP contribution in [0.1, 0.15) is 6.92 Å². The number of hydrogen-bond donors (Lipinski definition) is 1. The van der Waals surface area contributed by atoms with Gasteiger partial charge in [-0.3, -0.25) is 10.2 Å². The van der Waals surface area contributed by atoms with Crippen molar-refractivity contribution in [3.63, 3.8) is 0 Å². The molecule has 3 rings (SSSR count). The van der Waals surface area contributed by atoms with Crippen molar-refractivity contribution in [2.75, 3.05) is 10.4 Å². The molecular weight excluding hydrogens is 212 g/mol. The van der Waals surface area contributed by atoms with Gasteiger partial charge in [0.05, 0.1) is 11.4 Å². The van der Waals surface area contributed by atoms with Gasteiger partial charge in [-0.05, 0) is 12.1 Å². The quantitative estimate of drug-likeness (QED) is 0.746. The fraction of sp³-hybridized carbons (Fsp3) is 0.0714. The molecule has 0 unspecified atom stereocenters. The summed E-state index contributed by atoms with van der Waals surface area (Å²) in [7, 11) is 0. The molecule has 0 fully saturated rings. The lowest BCUT2D eigenvalue weighted by molar-refractivity contribution is -0.116. The third-order valence-electron chi connectivity index (χ3n) is 2.91. The normalized spacial score (nSPS) is 12.4. The summed E-state index contributed by atoms with van der Waals surface area (Å²) < 4.78 is 0. The van der Waals surface area contributed by atoms with E-state index in [0.717, 1.165) is 22.5 Å². The molecule has 3 nitrogen and oxygen atoms in total. The van der Waals surface area contributed by atoms with E-state index >= 15 is 0 Å². The van der Waals surface area contributed by atoms with Gasteiger partial charge < -0.3 is 0 Å². The van der Waals surface area contributed by atoms with Gasteiger partial charge in [-0.1, -0.05) is 36.4 Å². The Hall–Kier alpha value is -2.29. The zero-order chi connectivity index (χ0) is 11.8. The third kappa shape index (κ3) is 1.47. The number of nitrogens with one attached hydrogen (secondary N) is 1. The smallest absolute Gasteiger partial charge is 0.242 e. The molecule has 0 aromatic heterocycles. The minimum Gasteiger partial charge on any atom is -0.291 e. The number of hydrogen-bond acceptors (Lipinski definition) is 2. The van der Waals surface area contributed by atoms with Gasteiger partial charge in [-0.2, -0.15) is 0 Å². The summed E-state index contributed by atoms with van der Waals surface area (Å²) in [6.45, 7) is 1.55. The number of carbonyl (C=O) groups excluding carboxylic acids is 1. The van der Waals surface area contributed by atoms with Crippen molar-refractivity contribution in [3.05, 3.63) is 48.5 Å². The van der Waals surface area contributed by atoms with E-state index < -0.39 is 0 Å². The molecule has 0 saturated carbocycles. The number of benzene rings is 2. The first-order valence-corrected chi connectivity index (χ1v) is 5.53. The van der Waals surface area contributed by atoms with Gasteiger partial charge in [-0.15, -0.1) is 0 Å². The predicted octanol–water partition coefficient (Wildman–Crippen LogP) is 3.05. The first-order valence-electron chi connectivity index (χ1n) is 5.53. The molecule has 17 heavy (non-hydrogen) atoms. The summed E-state index contributed by atoms with van der Waals surface area (Å²) in [6, 6.07) is 15.9. The van der Waals surface area contributed by atoms with E-state index in [1.54, 1.807) is 11.9 Å². The molecule has 1 N–H and O–H groups in total. The largest absolute Gasteiger partial charge is 0.291 e. The maximum absolute atomic E-state index is 11.6. The summed E-state index contributed by atoms with van der Waals surface area (Å²) >= 11 is 0. The number of rotatable bonds is 0. The van der Waals surface area contributed by atoms with Crippen LogP contribution in [0.2, 0.25) is 0 Å². The van der Waals surface area contributed by atoms with E-state index in [-0.39, 0.29) is 5.91 Å². The number of fused-ring (bicyclic) bond motifs is 3. The highest BCUT2D eigenvalue weighted by molar-refractivity contribution is 6.03. The molecule has 0 spiro atoms. The Labute approximate surface area is 99.7 Å². The molecular formula is C14H12N2O. The average Bonchev–Trinajstić information content (AvgIpc) is 2.37. The molecule has 0 atom stereocenters. The topological polar surface area (TPSA) is 32.3 Å². The molecule has 1 amide bonds. The minimum absolute atomic E-state index is 0.0213. The molecule has 0 saturated heterocycles. The Morgan fingerprint density at radius 3 is 2.41 bits per heavy atom. The number of carbonyl (C=O) groups is 1. The van der Waals surface area contributed by atoms with Crippen LogP contribution in [-0.4, -0.2) is 5.91 Å². The molecule has 2 aromatic carbocycles. The lowest BCUT2D eigenvalue weighted by Crippen LogP contribution is -2.36. The van der Waals surface area contributed by atoms with E-state index in [4.69, 9.17) is 0 Å². The van der Waals surface area contributed by atoms with Crippen molar-refractivity contribution in [1.82, 2.24) is 0 Å². The molecule has 1 heterocycles. The number of para-hydroxylation sites is 2. The van der Waals surface area contributed by atoms with Gasteiger partial charge in [-0.25, -0.2) is 5.01 Å². The van der Waals surface area contributed by atoms with E-state index in [9.17, 15) is 4.79 Å². The SMILES string of the molecule is CC(=O)N1Nc2ccccc2-c2ccccc21. The van der Waals surface area contributed by atoms with E-state index in [2.05, 4.69) is 11.5 Å². The highest BCUT2D eigenvalue weighted by Crippen LogP contribution is 2.39. The monoisotopic (exact) mass is 224 g/mol. The number of amides is 1. The Balaban J connectivity index is 2.26. The molecule has 3 heteroatoms. The zero-order valence-electron chi connectivity index (χ0n) is 9.47. The van der Waals surface area contributed by atoms with Crippen molar-refractivity contribution in [2.45, 2.75) is 6.92 Å². The van der Waals surface area contributed by atoms with Crippen LogP contribution in [0, 0.1) is 0 Å². The Kier molecular flexibility index (Phi) is 2.11. The summed E-state index contributed by atoms with van der Waals surface area (Å²) in [4.78, 5) is 11.6. The summed E-state index contributed by atoms with van der Waals surface area (Å²) in [5.41, 5.74) is 7.20. The van der Waals surface area contributed by atoms with E-state index in [1.807, 2.05) is 42.5 Å². The van der Waals surface area contributed by atoms with Crippen LogP contribution in [0.4, 0.5) is 11.4 Å². The van der Waals surface area contributed by atoms with Crippen LogP contribution < -0.4 is 10.4 Å². The molecule has 1 aliphatic rings. The van der Waals surface area contributed by atoms with Gasteiger partial charge in [0, 0.05) is 18.1 Å². The minimum atomic E-state index is -0.0213. The second-order valence-corrected chi connectivity index (χ2v) is 4.03. The molecule has 0 aliphatic carbocycles. The first-order chi connectivity index (χ1) is 8.27. The number of nitrogens with zero attached hydrogens (tertiary/aromatic N) is 1. The van der Waals surface area contributed by atoms with Crippen LogP contribution in [-0.2, 0) is 4.79 Å². The van der Waals surface area contributed by atoms with Gasteiger partial charge in [0.15, 0.2) is 0 Å². The number of anilines is 2. The summed E-state index contributed by atoms with van der Waals surface area (Å²) in [5.74, 6) is -0.0213. The number of hydrazine groups is 1. The van der Waals surface area contributed by atoms with Gasteiger partial charge in [0.25, 0.3) is 0 Å².